The molecule has 0 aliphatic carbocycles. The van der Waals surface area contributed by atoms with Crippen LogP contribution in [0, 0.1) is 11.2 Å². The minimum atomic E-state index is -0.279. The first-order valence-corrected chi connectivity index (χ1v) is 14.7. The monoisotopic (exact) mass is 584 g/mol. The van der Waals surface area contributed by atoms with Gasteiger partial charge in [0.15, 0.2) is 0 Å². The fourth-order valence-electron chi connectivity index (χ4n) is 5.49. The Hall–Kier alpha value is -4.14. The molecule has 42 heavy (non-hydrogen) atoms. The van der Waals surface area contributed by atoms with Gasteiger partial charge in [0.25, 0.3) is 0 Å². The summed E-state index contributed by atoms with van der Waals surface area (Å²) in [4.78, 5) is 9.60. The van der Waals surface area contributed by atoms with Crippen molar-refractivity contribution < 1.29 is 9.13 Å². The maximum absolute atomic E-state index is 13.1. The molecule has 0 spiro atoms. The zero-order valence-corrected chi connectivity index (χ0v) is 24.2. The molecule has 1 fully saturated rings. The second-order valence-corrected chi connectivity index (χ2v) is 11.1. The molecule has 9 heteroatoms. The zero-order valence-electron chi connectivity index (χ0n) is 23.4. The van der Waals surface area contributed by atoms with Crippen molar-refractivity contribution in [2.24, 2.45) is 0 Å². The summed E-state index contributed by atoms with van der Waals surface area (Å²) in [6.07, 6.45) is 2.66. The molecule has 1 N–H and O–H groups in total. The van der Waals surface area contributed by atoms with Gasteiger partial charge < -0.3 is 18.8 Å². The number of halogens is 2. The van der Waals surface area contributed by atoms with Crippen LogP contribution in [-0.4, -0.2) is 51.8 Å². The highest BCUT2D eigenvalue weighted by atomic mass is 35.5. The van der Waals surface area contributed by atoms with Crippen LogP contribution in [-0.2, 0) is 19.6 Å². The van der Waals surface area contributed by atoms with Gasteiger partial charge in [-0.15, -0.1) is 0 Å². The van der Waals surface area contributed by atoms with Gasteiger partial charge in [-0.1, -0.05) is 41.9 Å². The summed E-state index contributed by atoms with van der Waals surface area (Å²) >= 11 is 6.03. The van der Waals surface area contributed by atoms with E-state index in [4.69, 9.17) is 26.7 Å². The number of hydrogen-bond donors (Lipinski definition) is 1. The Morgan fingerprint density at radius 2 is 1.48 bits per heavy atom. The molecule has 1 aliphatic heterocycles. The molecule has 0 unspecified atom stereocenters. The molecule has 0 amide bonds. The van der Waals surface area contributed by atoms with Gasteiger partial charge in [-0.2, -0.15) is 0 Å². The summed E-state index contributed by atoms with van der Waals surface area (Å²) in [7, 11) is 0. The highest BCUT2D eigenvalue weighted by molar-refractivity contribution is 6.30. The molecule has 0 saturated carbocycles. The van der Waals surface area contributed by atoms with E-state index >= 15 is 0 Å². The number of aryl methyl sites for hydroxylation is 1. The first-order valence-electron chi connectivity index (χ1n) is 14.3. The van der Waals surface area contributed by atoms with Crippen LogP contribution in [0.25, 0.3) is 11.0 Å². The van der Waals surface area contributed by atoms with Crippen molar-refractivity contribution >= 4 is 28.5 Å². The Labute approximate surface area is 249 Å². The number of benzene rings is 3. The minimum absolute atomic E-state index is 0.279. The van der Waals surface area contributed by atoms with E-state index in [-0.39, 0.29) is 5.82 Å². The standard InChI is InChI=1S/C33H34ClFN6O/c34-27-9-6-25(7-10-27)23-38-17-19-39(20-18-38)32-15-8-26(22-37-32)24-41-31-5-2-1-4-30(31)40(33(41)36)16-3-21-42-29-13-11-28(35)12-14-29/h1-2,4-15,22,36H,3,16-21,23-24H2. The van der Waals surface area contributed by atoms with E-state index < -0.39 is 0 Å². The number of aromatic nitrogens is 3. The summed E-state index contributed by atoms with van der Waals surface area (Å²) in [6.45, 7) is 6.47. The summed E-state index contributed by atoms with van der Waals surface area (Å²) in [6, 6.07) is 26.5. The van der Waals surface area contributed by atoms with Crippen molar-refractivity contribution in [1.29, 1.82) is 5.41 Å². The predicted octanol–water partition coefficient (Wildman–Crippen LogP) is 5.95. The zero-order chi connectivity index (χ0) is 28.9. The Morgan fingerprint density at radius 1 is 0.786 bits per heavy atom. The number of rotatable bonds is 10. The lowest BCUT2D eigenvalue weighted by atomic mass is 10.2. The van der Waals surface area contributed by atoms with Gasteiger partial charge in [-0.05, 0) is 72.1 Å². The number of fused-ring (bicyclic) bond motifs is 1. The molecule has 3 heterocycles. The molecule has 1 saturated heterocycles. The van der Waals surface area contributed by atoms with E-state index in [0.29, 0.717) is 31.1 Å². The average molecular weight is 585 g/mol. The van der Waals surface area contributed by atoms with Crippen molar-refractivity contribution in [3.05, 3.63) is 119 Å². The van der Waals surface area contributed by atoms with Crippen molar-refractivity contribution in [2.45, 2.75) is 26.1 Å². The quantitative estimate of drug-likeness (QED) is 0.206. The molecule has 3 aromatic carbocycles. The van der Waals surface area contributed by atoms with Crippen LogP contribution in [0.5, 0.6) is 5.75 Å². The molecule has 0 bridgehead atoms. The van der Waals surface area contributed by atoms with Gasteiger partial charge in [0.1, 0.15) is 17.4 Å². The van der Waals surface area contributed by atoms with E-state index in [2.05, 4.69) is 46.2 Å². The summed E-state index contributed by atoms with van der Waals surface area (Å²) in [5, 5.41) is 9.73. The largest absolute Gasteiger partial charge is 0.494 e. The maximum atomic E-state index is 13.1. The molecule has 1 aliphatic rings. The minimum Gasteiger partial charge on any atom is -0.494 e. The molecule has 0 atom stereocenters. The smallest absolute Gasteiger partial charge is 0.203 e. The van der Waals surface area contributed by atoms with Gasteiger partial charge in [0.05, 0.1) is 24.2 Å². The average Bonchev–Trinajstić information content (AvgIpc) is 3.28. The van der Waals surface area contributed by atoms with Gasteiger partial charge >= 0.3 is 0 Å². The lowest BCUT2D eigenvalue weighted by Crippen LogP contribution is -2.46. The van der Waals surface area contributed by atoms with Crippen molar-refractivity contribution in [3.8, 4) is 5.75 Å². The number of pyridine rings is 1. The number of nitrogens with one attached hydrogen (secondary N) is 1. The number of piperazine rings is 1. The lowest BCUT2D eigenvalue weighted by Gasteiger charge is -2.35. The summed E-state index contributed by atoms with van der Waals surface area (Å²) < 4.78 is 23.0. The third-order valence-corrected chi connectivity index (χ3v) is 8.00. The maximum Gasteiger partial charge on any atom is 0.203 e. The topological polar surface area (TPSA) is 62.3 Å². The molecule has 216 valence electrons. The Kier molecular flexibility index (Phi) is 8.53. The van der Waals surface area contributed by atoms with Crippen LogP contribution in [0.2, 0.25) is 5.02 Å². The highest BCUT2D eigenvalue weighted by Gasteiger charge is 2.18. The van der Waals surface area contributed by atoms with Crippen molar-refractivity contribution in [2.75, 3.05) is 37.7 Å². The van der Waals surface area contributed by atoms with Gasteiger partial charge in [0.2, 0.25) is 5.62 Å². The molecule has 2 aromatic heterocycles. The van der Waals surface area contributed by atoms with Crippen LogP contribution in [0.3, 0.4) is 0 Å². The number of nitrogens with zero attached hydrogens (tertiary/aromatic N) is 5. The molecule has 5 aromatic rings. The number of ether oxygens (including phenoxy) is 1. The normalized spacial score (nSPS) is 14.0. The Balaban J connectivity index is 1.07. The molecular weight excluding hydrogens is 551 g/mol. The fraction of sp³-hybridized carbons (Fsp3) is 0.273. The van der Waals surface area contributed by atoms with Gasteiger partial charge in [-0.25, -0.2) is 9.37 Å². The van der Waals surface area contributed by atoms with E-state index in [9.17, 15) is 4.39 Å². The second-order valence-electron chi connectivity index (χ2n) is 10.6. The van der Waals surface area contributed by atoms with E-state index in [1.165, 1.54) is 17.7 Å². The second kappa shape index (κ2) is 12.8. The SMILES string of the molecule is N=c1n(CCCOc2ccc(F)cc2)c2ccccc2n1Cc1ccc(N2CCN(Cc3ccc(Cl)cc3)CC2)nc1. The molecule has 7 nitrogen and oxygen atoms in total. The lowest BCUT2D eigenvalue weighted by molar-refractivity contribution is 0.249. The third kappa shape index (κ3) is 6.50. The Morgan fingerprint density at radius 3 is 2.17 bits per heavy atom. The van der Waals surface area contributed by atoms with E-state index in [1.54, 1.807) is 12.1 Å². The summed E-state index contributed by atoms with van der Waals surface area (Å²) in [5.74, 6) is 1.36. The molecular formula is C33H34ClFN6O. The number of imidazole rings is 1. The molecule has 6 rings (SSSR count). The van der Waals surface area contributed by atoms with Crippen LogP contribution in [0.15, 0.2) is 91.1 Å². The van der Waals surface area contributed by atoms with Crippen LogP contribution in [0.4, 0.5) is 10.2 Å². The highest BCUT2D eigenvalue weighted by Crippen LogP contribution is 2.19. The first-order chi connectivity index (χ1) is 20.5. The van der Waals surface area contributed by atoms with Gasteiger partial charge in [0, 0.05) is 50.5 Å². The summed E-state index contributed by atoms with van der Waals surface area (Å²) in [5.41, 5.74) is 4.81. The van der Waals surface area contributed by atoms with E-state index in [0.717, 1.165) is 66.6 Å². The van der Waals surface area contributed by atoms with E-state index in [1.807, 2.05) is 39.6 Å². The van der Waals surface area contributed by atoms with Crippen LogP contribution >= 0.6 is 11.6 Å². The predicted molar refractivity (Wildman–Crippen MR) is 165 cm³/mol. The van der Waals surface area contributed by atoms with Gasteiger partial charge in [-0.3, -0.25) is 10.3 Å². The van der Waals surface area contributed by atoms with Crippen LogP contribution in [0.1, 0.15) is 17.5 Å². The fourth-order valence-corrected chi connectivity index (χ4v) is 5.61. The first kappa shape index (κ1) is 28.0. The molecule has 0 radical (unpaired) electrons. The third-order valence-electron chi connectivity index (χ3n) is 7.75. The number of anilines is 1. The number of hydrogen-bond acceptors (Lipinski definition) is 5. The van der Waals surface area contributed by atoms with Crippen molar-refractivity contribution in [3.63, 3.8) is 0 Å². The van der Waals surface area contributed by atoms with Crippen LogP contribution < -0.4 is 15.3 Å². The number of para-hydroxylation sites is 2. The van der Waals surface area contributed by atoms with Crippen molar-refractivity contribution in [1.82, 2.24) is 19.0 Å². The Bertz CT molecular complexity index is 1670.